The topological polar surface area (TPSA) is 18.5 Å². The summed E-state index contributed by atoms with van der Waals surface area (Å²) in [6, 6.07) is 0.747. The highest BCUT2D eigenvalue weighted by Crippen LogP contribution is 2.20. The molecule has 0 spiro atoms. The van der Waals surface area contributed by atoms with Crippen molar-refractivity contribution in [3.8, 4) is 0 Å². The monoisotopic (exact) mass is 269 g/mol. The van der Waals surface area contributed by atoms with Gasteiger partial charge in [0.05, 0.1) is 0 Å². The molecule has 0 saturated carbocycles. The molecule has 18 heavy (non-hydrogen) atoms. The second-order valence-corrected chi connectivity index (χ2v) is 5.96. The molecule has 1 atom stereocenters. The lowest BCUT2D eigenvalue weighted by Gasteiger charge is -2.32. The smallest absolute Gasteiger partial charge is 0.168 e. The molecule has 0 aromatic carbocycles. The zero-order valence-corrected chi connectivity index (χ0v) is 12.5. The lowest BCUT2D eigenvalue weighted by molar-refractivity contribution is 0.169. The number of unbranched alkanes of at least 4 members (excludes halogenated alkanes) is 1. The minimum atomic E-state index is 0.747. The first-order valence-corrected chi connectivity index (χ1v) is 7.99. The van der Waals surface area contributed by atoms with Crippen molar-refractivity contribution in [3.63, 3.8) is 0 Å². The van der Waals surface area contributed by atoms with Crippen LogP contribution in [-0.4, -0.2) is 53.7 Å². The van der Waals surface area contributed by atoms with Gasteiger partial charge in [0.2, 0.25) is 0 Å². The third kappa shape index (κ3) is 3.82. The molecule has 1 unspecified atom stereocenters. The fourth-order valence-corrected chi connectivity index (χ4v) is 3.26. The van der Waals surface area contributed by atoms with Gasteiger partial charge in [0.1, 0.15) is 0 Å². The lowest BCUT2D eigenvalue weighted by Crippen LogP contribution is -2.43. The maximum absolute atomic E-state index is 5.48. The molecule has 2 fully saturated rings. The first-order valence-electron chi connectivity index (χ1n) is 7.58. The second-order valence-electron chi connectivity index (χ2n) is 5.57. The first kappa shape index (κ1) is 14.1. The molecule has 0 amide bonds. The Bertz CT molecular complexity index is 264. The van der Waals surface area contributed by atoms with Gasteiger partial charge in [0.15, 0.2) is 5.11 Å². The third-order valence-electron chi connectivity index (χ3n) is 4.16. The van der Waals surface area contributed by atoms with E-state index in [1.54, 1.807) is 0 Å². The van der Waals surface area contributed by atoms with Gasteiger partial charge in [-0.15, -0.1) is 0 Å². The van der Waals surface area contributed by atoms with Crippen LogP contribution >= 0.6 is 12.2 Å². The van der Waals surface area contributed by atoms with Crippen molar-refractivity contribution in [2.75, 3.05) is 32.7 Å². The average Bonchev–Trinajstić information content (AvgIpc) is 2.89. The number of rotatable bonds is 4. The second kappa shape index (κ2) is 7.29. The zero-order chi connectivity index (χ0) is 12.8. The molecule has 2 saturated heterocycles. The summed E-state index contributed by atoms with van der Waals surface area (Å²) in [5.74, 6) is 0. The molecule has 0 aromatic heterocycles. The number of likely N-dealkylation sites (tertiary alicyclic amines) is 2. The summed E-state index contributed by atoms with van der Waals surface area (Å²) in [5.41, 5.74) is 0. The van der Waals surface area contributed by atoms with E-state index in [-0.39, 0.29) is 0 Å². The van der Waals surface area contributed by atoms with Crippen LogP contribution in [0.4, 0.5) is 0 Å². The molecule has 2 aliphatic rings. The Morgan fingerprint density at radius 1 is 1.22 bits per heavy atom. The van der Waals surface area contributed by atoms with Gasteiger partial charge in [-0.25, -0.2) is 0 Å². The molecule has 1 N–H and O–H groups in total. The first-order chi connectivity index (χ1) is 8.81. The lowest BCUT2D eigenvalue weighted by atomic mass is 10.1. The standard InChI is InChI=1S/C14H27N3S/c1-2-3-8-15-14(18)17-11-7-13(12-17)16-9-5-4-6-10-16/h13H,2-12H2,1H3,(H,15,18). The van der Waals surface area contributed by atoms with Crippen molar-refractivity contribution in [3.05, 3.63) is 0 Å². The van der Waals surface area contributed by atoms with Crippen molar-refractivity contribution in [2.45, 2.75) is 51.5 Å². The molecule has 0 bridgehead atoms. The minimum Gasteiger partial charge on any atom is -0.363 e. The van der Waals surface area contributed by atoms with E-state index in [1.165, 1.54) is 51.6 Å². The molecule has 0 radical (unpaired) electrons. The number of nitrogens with one attached hydrogen (secondary N) is 1. The summed E-state index contributed by atoms with van der Waals surface area (Å²) in [5, 5.41) is 4.36. The van der Waals surface area contributed by atoms with Crippen LogP contribution in [0.3, 0.4) is 0 Å². The van der Waals surface area contributed by atoms with Crippen molar-refractivity contribution in [1.29, 1.82) is 0 Å². The summed E-state index contributed by atoms with van der Waals surface area (Å²) < 4.78 is 0. The van der Waals surface area contributed by atoms with Crippen LogP contribution in [0.2, 0.25) is 0 Å². The fraction of sp³-hybridized carbons (Fsp3) is 0.929. The van der Waals surface area contributed by atoms with E-state index in [2.05, 4.69) is 22.0 Å². The Labute approximate surface area is 117 Å². The number of hydrogen-bond acceptors (Lipinski definition) is 2. The number of hydrogen-bond donors (Lipinski definition) is 1. The summed E-state index contributed by atoms with van der Waals surface area (Å²) in [6.07, 6.45) is 7.92. The molecular formula is C14H27N3S. The molecule has 0 aromatic rings. The normalized spacial score (nSPS) is 25.4. The van der Waals surface area contributed by atoms with Crippen molar-refractivity contribution < 1.29 is 0 Å². The van der Waals surface area contributed by atoms with Crippen molar-refractivity contribution in [1.82, 2.24) is 15.1 Å². The van der Waals surface area contributed by atoms with E-state index in [9.17, 15) is 0 Å². The quantitative estimate of drug-likeness (QED) is 0.623. The van der Waals surface area contributed by atoms with Crippen LogP contribution in [0.5, 0.6) is 0 Å². The third-order valence-corrected chi connectivity index (χ3v) is 4.57. The Balaban J connectivity index is 1.71. The van der Waals surface area contributed by atoms with Crippen LogP contribution in [0.25, 0.3) is 0 Å². The summed E-state index contributed by atoms with van der Waals surface area (Å²) >= 11 is 5.48. The van der Waals surface area contributed by atoms with Gasteiger partial charge in [0.25, 0.3) is 0 Å². The zero-order valence-electron chi connectivity index (χ0n) is 11.7. The number of thiocarbonyl (C=S) groups is 1. The van der Waals surface area contributed by atoms with Gasteiger partial charge < -0.3 is 10.2 Å². The van der Waals surface area contributed by atoms with E-state index in [0.717, 1.165) is 30.8 Å². The van der Waals surface area contributed by atoms with Crippen LogP contribution in [0.15, 0.2) is 0 Å². The molecule has 3 nitrogen and oxygen atoms in total. The predicted octanol–water partition coefficient (Wildman–Crippen LogP) is 2.22. The van der Waals surface area contributed by atoms with E-state index in [0.29, 0.717) is 0 Å². The molecule has 2 aliphatic heterocycles. The van der Waals surface area contributed by atoms with Gasteiger partial charge >= 0.3 is 0 Å². The molecule has 2 heterocycles. The Hall–Kier alpha value is -0.350. The van der Waals surface area contributed by atoms with Crippen LogP contribution in [-0.2, 0) is 0 Å². The molecule has 104 valence electrons. The molecule has 0 aliphatic carbocycles. The maximum Gasteiger partial charge on any atom is 0.168 e. The Morgan fingerprint density at radius 2 is 2.00 bits per heavy atom. The van der Waals surface area contributed by atoms with E-state index in [4.69, 9.17) is 12.2 Å². The summed E-state index contributed by atoms with van der Waals surface area (Å²) in [7, 11) is 0. The van der Waals surface area contributed by atoms with Crippen LogP contribution in [0.1, 0.15) is 45.4 Å². The van der Waals surface area contributed by atoms with E-state index >= 15 is 0 Å². The highest BCUT2D eigenvalue weighted by atomic mass is 32.1. The summed E-state index contributed by atoms with van der Waals surface area (Å²) in [4.78, 5) is 5.04. The fourth-order valence-electron chi connectivity index (χ4n) is 2.99. The highest BCUT2D eigenvalue weighted by molar-refractivity contribution is 7.80. The van der Waals surface area contributed by atoms with Crippen molar-refractivity contribution in [2.24, 2.45) is 0 Å². The molecule has 4 heteroatoms. The van der Waals surface area contributed by atoms with Gasteiger partial charge in [0, 0.05) is 25.7 Å². The van der Waals surface area contributed by atoms with Crippen LogP contribution in [0, 0.1) is 0 Å². The van der Waals surface area contributed by atoms with E-state index in [1.807, 2.05) is 0 Å². The van der Waals surface area contributed by atoms with Crippen LogP contribution < -0.4 is 5.32 Å². The Morgan fingerprint density at radius 3 is 2.72 bits per heavy atom. The average molecular weight is 269 g/mol. The van der Waals surface area contributed by atoms with Gasteiger partial charge in [-0.05, 0) is 51.0 Å². The van der Waals surface area contributed by atoms with Crippen molar-refractivity contribution >= 4 is 17.3 Å². The highest BCUT2D eigenvalue weighted by Gasteiger charge is 2.29. The summed E-state index contributed by atoms with van der Waals surface area (Å²) in [6.45, 7) is 8.12. The molecular weight excluding hydrogens is 242 g/mol. The van der Waals surface area contributed by atoms with E-state index < -0.39 is 0 Å². The molecule has 2 rings (SSSR count). The number of nitrogens with zero attached hydrogens (tertiary/aromatic N) is 2. The predicted molar refractivity (Wildman–Crippen MR) is 80.9 cm³/mol. The van der Waals surface area contributed by atoms with Gasteiger partial charge in [-0.2, -0.15) is 0 Å². The van der Waals surface area contributed by atoms with Gasteiger partial charge in [-0.1, -0.05) is 19.8 Å². The Kier molecular flexibility index (Phi) is 5.70. The largest absolute Gasteiger partial charge is 0.363 e. The SMILES string of the molecule is CCCCNC(=S)N1CCC(N2CCCCC2)C1. The van der Waals surface area contributed by atoms with Gasteiger partial charge in [-0.3, -0.25) is 4.90 Å². The number of piperidine rings is 1. The minimum absolute atomic E-state index is 0.747. The maximum atomic E-state index is 5.48.